The van der Waals surface area contributed by atoms with Crippen molar-refractivity contribution in [1.29, 1.82) is 5.26 Å². The van der Waals surface area contributed by atoms with Crippen LogP contribution in [0, 0.1) is 11.3 Å². The topological polar surface area (TPSA) is 67.2 Å². The number of hydrogen-bond donors (Lipinski definition) is 0. The van der Waals surface area contributed by atoms with E-state index in [-0.39, 0.29) is 9.80 Å². The van der Waals surface area contributed by atoms with Gasteiger partial charge < -0.3 is 4.74 Å². The normalized spacial score (nSPS) is 11.9. The summed E-state index contributed by atoms with van der Waals surface area (Å²) in [5, 5.41) is 8.77. The lowest BCUT2D eigenvalue weighted by atomic mass is 10.4. The van der Waals surface area contributed by atoms with Crippen LogP contribution in [0.2, 0.25) is 0 Å². The van der Waals surface area contributed by atoms with Gasteiger partial charge in [0.15, 0.2) is 4.91 Å². The highest BCUT2D eigenvalue weighted by Crippen LogP contribution is 2.18. The van der Waals surface area contributed by atoms with Crippen molar-refractivity contribution in [3.05, 3.63) is 41.5 Å². The van der Waals surface area contributed by atoms with E-state index < -0.39 is 9.84 Å². The van der Waals surface area contributed by atoms with Gasteiger partial charge in [-0.05, 0) is 19.1 Å². The second-order valence-corrected chi connectivity index (χ2v) is 4.78. The summed E-state index contributed by atoms with van der Waals surface area (Å²) in [5.41, 5.74) is 0. The molecule has 1 aromatic carbocycles. The van der Waals surface area contributed by atoms with Gasteiger partial charge in [0, 0.05) is 0 Å². The Labute approximate surface area is 94.7 Å². The van der Waals surface area contributed by atoms with Gasteiger partial charge in [0.2, 0.25) is 9.84 Å². The molecule has 0 aliphatic carbocycles. The molecule has 0 N–H and O–H groups in total. The van der Waals surface area contributed by atoms with E-state index >= 15 is 0 Å². The molecule has 0 unspecified atom stereocenters. The van der Waals surface area contributed by atoms with E-state index in [9.17, 15) is 8.42 Å². The Balaban J connectivity index is 3.17. The number of rotatable bonds is 4. The molecule has 0 fully saturated rings. The fraction of sp³-hybridized carbons (Fsp3) is 0.182. The fourth-order valence-electron chi connectivity index (χ4n) is 1.04. The largest absolute Gasteiger partial charge is 0.499 e. The fourth-order valence-corrected chi connectivity index (χ4v) is 2.12. The number of ether oxygens (including phenoxy) is 1. The number of nitriles is 1. The van der Waals surface area contributed by atoms with Gasteiger partial charge >= 0.3 is 0 Å². The van der Waals surface area contributed by atoms with Gasteiger partial charge in [0.05, 0.1) is 11.5 Å². The first-order valence-electron chi connectivity index (χ1n) is 4.65. The molecule has 0 saturated carbocycles. The smallest absolute Gasteiger partial charge is 0.219 e. The van der Waals surface area contributed by atoms with Crippen LogP contribution in [0.4, 0.5) is 0 Å². The Morgan fingerprint density at radius 2 is 2.06 bits per heavy atom. The Bertz CT molecular complexity index is 512. The van der Waals surface area contributed by atoms with Crippen LogP contribution in [-0.4, -0.2) is 15.0 Å². The monoisotopic (exact) mass is 237 g/mol. The molecule has 0 heterocycles. The van der Waals surface area contributed by atoms with Crippen LogP contribution in [-0.2, 0) is 14.6 Å². The summed E-state index contributed by atoms with van der Waals surface area (Å²) in [4.78, 5) is -0.303. The van der Waals surface area contributed by atoms with E-state index in [0.717, 1.165) is 6.26 Å². The Morgan fingerprint density at radius 1 is 1.44 bits per heavy atom. The quantitative estimate of drug-likeness (QED) is 0.592. The lowest BCUT2D eigenvalue weighted by Crippen LogP contribution is -2.04. The summed E-state index contributed by atoms with van der Waals surface area (Å²) in [6.45, 7) is 2.02. The highest BCUT2D eigenvalue weighted by Gasteiger charge is 2.20. The molecule has 0 aromatic heterocycles. The van der Waals surface area contributed by atoms with Gasteiger partial charge in [0.25, 0.3) is 0 Å². The highest BCUT2D eigenvalue weighted by atomic mass is 32.2. The summed E-state index contributed by atoms with van der Waals surface area (Å²) in [5.74, 6) is 0. The minimum absolute atomic E-state index is 0.0857. The number of benzene rings is 1. The van der Waals surface area contributed by atoms with Crippen molar-refractivity contribution in [2.45, 2.75) is 11.8 Å². The van der Waals surface area contributed by atoms with E-state index in [2.05, 4.69) is 0 Å². The molecule has 0 aliphatic rings. The number of hydrogen-bond acceptors (Lipinski definition) is 4. The number of sulfone groups is 1. The first-order valence-corrected chi connectivity index (χ1v) is 6.13. The lowest BCUT2D eigenvalue weighted by molar-refractivity contribution is 0.268. The van der Waals surface area contributed by atoms with Gasteiger partial charge in [0.1, 0.15) is 12.3 Å². The van der Waals surface area contributed by atoms with Crippen LogP contribution < -0.4 is 0 Å². The SMILES string of the molecule is CCOC=C(C#N)S(=O)(=O)c1ccccc1. The van der Waals surface area contributed by atoms with Crippen LogP contribution >= 0.6 is 0 Å². The van der Waals surface area contributed by atoms with Crippen molar-refractivity contribution in [3.63, 3.8) is 0 Å². The first kappa shape index (κ1) is 12.3. The zero-order chi connectivity index (χ0) is 12.0. The van der Waals surface area contributed by atoms with Crippen molar-refractivity contribution < 1.29 is 13.2 Å². The molecule has 0 saturated heterocycles. The maximum Gasteiger partial charge on any atom is 0.219 e. The number of allylic oxidation sites excluding steroid dienone is 1. The van der Waals surface area contributed by atoms with Crippen LogP contribution in [0.5, 0.6) is 0 Å². The Hall–Kier alpha value is -1.80. The number of nitrogens with zero attached hydrogens (tertiary/aromatic N) is 1. The molecule has 0 aliphatic heterocycles. The van der Waals surface area contributed by atoms with Gasteiger partial charge in [-0.1, -0.05) is 18.2 Å². The molecule has 0 spiro atoms. The lowest BCUT2D eigenvalue weighted by Gasteiger charge is -2.02. The highest BCUT2D eigenvalue weighted by molar-refractivity contribution is 7.95. The summed E-state index contributed by atoms with van der Waals surface area (Å²) in [6.07, 6.45) is 0.975. The second kappa shape index (κ2) is 5.33. The molecule has 1 aromatic rings. The van der Waals surface area contributed by atoms with Crippen LogP contribution in [0.1, 0.15) is 6.92 Å². The first-order chi connectivity index (χ1) is 7.62. The van der Waals surface area contributed by atoms with Gasteiger partial charge in [-0.2, -0.15) is 5.26 Å². The molecule has 0 bridgehead atoms. The summed E-state index contributed by atoms with van der Waals surface area (Å²) >= 11 is 0. The molecule has 84 valence electrons. The predicted octanol–water partition coefficient (Wildman–Crippen LogP) is 1.86. The molecule has 0 atom stereocenters. The summed E-state index contributed by atoms with van der Waals surface area (Å²) in [7, 11) is -3.75. The molecular weight excluding hydrogens is 226 g/mol. The van der Waals surface area contributed by atoms with Crippen molar-refractivity contribution in [2.75, 3.05) is 6.61 Å². The predicted molar refractivity (Wildman–Crippen MR) is 58.9 cm³/mol. The van der Waals surface area contributed by atoms with Crippen LogP contribution in [0.15, 0.2) is 46.4 Å². The molecule has 4 nitrogen and oxygen atoms in total. The van der Waals surface area contributed by atoms with E-state index in [0.29, 0.717) is 6.61 Å². The standard InChI is InChI=1S/C11H11NO3S/c1-2-15-9-11(8-12)16(13,14)10-6-4-3-5-7-10/h3-7,9H,2H2,1H3. The molecular formula is C11H11NO3S. The van der Waals surface area contributed by atoms with E-state index in [1.54, 1.807) is 31.2 Å². The van der Waals surface area contributed by atoms with E-state index in [4.69, 9.17) is 10.00 Å². The Morgan fingerprint density at radius 3 is 2.56 bits per heavy atom. The summed E-state index contributed by atoms with van der Waals surface area (Å²) < 4.78 is 28.6. The minimum Gasteiger partial charge on any atom is -0.499 e. The van der Waals surface area contributed by atoms with Crippen LogP contribution in [0.25, 0.3) is 0 Å². The third-order valence-corrected chi connectivity index (χ3v) is 3.47. The Kier molecular flexibility index (Phi) is 4.09. The molecule has 0 amide bonds. The van der Waals surface area contributed by atoms with Crippen molar-refractivity contribution >= 4 is 9.84 Å². The molecule has 16 heavy (non-hydrogen) atoms. The average molecular weight is 237 g/mol. The van der Waals surface area contributed by atoms with E-state index in [1.165, 1.54) is 12.1 Å². The molecule has 1 rings (SSSR count). The third-order valence-electron chi connectivity index (χ3n) is 1.81. The molecule has 0 radical (unpaired) electrons. The zero-order valence-corrected chi connectivity index (χ0v) is 9.57. The average Bonchev–Trinajstić information content (AvgIpc) is 2.31. The van der Waals surface area contributed by atoms with Gasteiger partial charge in [-0.15, -0.1) is 0 Å². The maximum absolute atomic E-state index is 11.9. The van der Waals surface area contributed by atoms with E-state index in [1.807, 2.05) is 0 Å². The van der Waals surface area contributed by atoms with Gasteiger partial charge in [-0.25, -0.2) is 8.42 Å². The molecule has 5 heteroatoms. The summed E-state index contributed by atoms with van der Waals surface area (Å²) in [6, 6.07) is 9.40. The van der Waals surface area contributed by atoms with Crippen molar-refractivity contribution in [1.82, 2.24) is 0 Å². The zero-order valence-electron chi connectivity index (χ0n) is 8.75. The third kappa shape index (κ3) is 2.61. The van der Waals surface area contributed by atoms with Crippen molar-refractivity contribution in [2.24, 2.45) is 0 Å². The minimum atomic E-state index is -3.75. The van der Waals surface area contributed by atoms with Crippen LogP contribution in [0.3, 0.4) is 0 Å². The van der Waals surface area contributed by atoms with Crippen molar-refractivity contribution in [3.8, 4) is 6.07 Å². The second-order valence-electron chi connectivity index (χ2n) is 2.87. The van der Waals surface area contributed by atoms with Gasteiger partial charge in [-0.3, -0.25) is 0 Å². The maximum atomic E-state index is 11.9.